The topological polar surface area (TPSA) is 61.4 Å². The predicted octanol–water partition coefficient (Wildman–Crippen LogP) is 7.04. The molecule has 5 heteroatoms. The van der Waals surface area contributed by atoms with E-state index in [0.717, 1.165) is 72.4 Å². The van der Waals surface area contributed by atoms with Gasteiger partial charge in [-0.25, -0.2) is 0 Å². The average molecular weight is 544 g/mol. The van der Waals surface area contributed by atoms with Crippen LogP contribution in [0, 0.1) is 5.92 Å². The van der Waals surface area contributed by atoms with E-state index in [1.165, 1.54) is 11.1 Å². The zero-order valence-electron chi connectivity index (χ0n) is 23.6. The van der Waals surface area contributed by atoms with Gasteiger partial charge in [0.2, 0.25) is 5.91 Å². The van der Waals surface area contributed by atoms with Gasteiger partial charge >= 0.3 is 0 Å². The van der Waals surface area contributed by atoms with E-state index in [4.69, 9.17) is 0 Å². The van der Waals surface area contributed by atoms with E-state index in [1.54, 1.807) is 0 Å². The van der Waals surface area contributed by atoms with E-state index < -0.39 is 0 Å². The van der Waals surface area contributed by atoms with Gasteiger partial charge in [-0.05, 0) is 89.8 Å². The summed E-state index contributed by atoms with van der Waals surface area (Å²) in [5.41, 5.74) is 8.53. The summed E-state index contributed by atoms with van der Waals surface area (Å²) in [6, 6.07) is 32.7. The summed E-state index contributed by atoms with van der Waals surface area (Å²) in [4.78, 5) is 28.8. The van der Waals surface area contributed by atoms with E-state index in [9.17, 15) is 9.59 Å². The molecular formula is C36H37N3O2. The van der Waals surface area contributed by atoms with Gasteiger partial charge in [0.05, 0.1) is 5.92 Å². The van der Waals surface area contributed by atoms with Crippen molar-refractivity contribution in [1.82, 2.24) is 5.32 Å². The first-order valence-corrected chi connectivity index (χ1v) is 14.8. The number of carbonyl (C=O) groups excluding carboxylic acids is 2. The van der Waals surface area contributed by atoms with Crippen LogP contribution in [0.15, 0.2) is 97.1 Å². The molecule has 0 spiro atoms. The van der Waals surface area contributed by atoms with Crippen LogP contribution in [-0.2, 0) is 11.2 Å². The van der Waals surface area contributed by atoms with Gasteiger partial charge in [-0.3, -0.25) is 9.59 Å². The number of hydrogen-bond donors (Lipinski definition) is 2. The molecule has 0 saturated carbocycles. The summed E-state index contributed by atoms with van der Waals surface area (Å²) >= 11 is 0. The molecule has 1 aliphatic carbocycles. The third-order valence-corrected chi connectivity index (χ3v) is 8.59. The van der Waals surface area contributed by atoms with Crippen LogP contribution >= 0.6 is 0 Å². The summed E-state index contributed by atoms with van der Waals surface area (Å²) in [6.07, 6.45) is 3.64. The van der Waals surface area contributed by atoms with Crippen molar-refractivity contribution in [1.29, 1.82) is 0 Å². The first-order valence-electron chi connectivity index (χ1n) is 14.8. The van der Waals surface area contributed by atoms with Gasteiger partial charge in [0.15, 0.2) is 0 Å². The Bertz CT molecular complexity index is 1520. The van der Waals surface area contributed by atoms with Gasteiger partial charge in [0.1, 0.15) is 0 Å². The SMILES string of the molecule is CCCNC(=O)C(c1ccccc1)C1CCN(c2ccc(NC(=O)c3cccc4c3Cc3ccccc3-4)cc2)CC1. The minimum atomic E-state index is -0.116. The summed E-state index contributed by atoms with van der Waals surface area (Å²) in [6.45, 7) is 4.60. The predicted molar refractivity (Wildman–Crippen MR) is 166 cm³/mol. The van der Waals surface area contributed by atoms with E-state index in [-0.39, 0.29) is 17.7 Å². The Morgan fingerprint density at radius 2 is 1.54 bits per heavy atom. The molecule has 1 fully saturated rings. The van der Waals surface area contributed by atoms with Crippen LogP contribution in [0.1, 0.15) is 59.2 Å². The van der Waals surface area contributed by atoms with Crippen LogP contribution in [0.5, 0.6) is 0 Å². The summed E-state index contributed by atoms with van der Waals surface area (Å²) < 4.78 is 0. The molecule has 1 atom stereocenters. The maximum Gasteiger partial charge on any atom is 0.255 e. The van der Waals surface area contributed by atoms with Crippen LogP contribution in [-0.4, -0.2) is 31.4 Å². The molecular weight excluding hydrogens is 506 g/mol. The fourth-order valence-electron chi connectivity index (χ4n) is 6.47. The second-order valence-electron chi connectivity index (χ2n) is 11.2. The summed E-state index contributed by atoms with van der Waals surface area (Å²) in [5.74, 6) is 0.263. The van der Waals surface area contributed by atoms with Gasteiger partial charge in [0, 0.05) is 36.6 Å². The first-order chi connectivity index (χ1) is 20.1. The summed E-state index contributed by atoms with van der Waals surface area (Å²) in [5, 5.41) is 6.25. The molecule has 208 valence electrons. The molecule has 2 N–H and O–H groups in total. The normalized spacial score (nSPS) is 15.1. The van der Waals surface area contributed by atoms with Gasteiger partial charge in [0.25, 0.3) is 5.91 Å². The van der Waals surface area contributed by atoms with Crippen LogP contribution in [0.4, 0.5) is 11.4 Å². The van der Waals surface area contributed by atoms with Crippen LogP contribution < -0.4 is 15.5 Å². The smallest absolute Gasteiger partial charge is 0.255 e. The highest BCUT2D eigenvalue weighted by Crippen LogP contribution is 2.38. The van der Waals surface area contributed by atoms with Gasteiger partial charge in [-0.15, -0.1) is 0 Å². The molecule has 2 amide bonds. The van der Waals surface area contributed by atoms with Crippen molar-refractivity contribution in [3.05, 3.63) is 119 Å². The number of amides is 2. The van der Waals surface area contributed by atoms with Gasteiger partial charge in [-0.2, -0.15) is 0 Å². The third kappa shape index (κ3) is 5.62. The molecule has 1 heterocycles. The zero-order chi connectivity index (χ0) is 28.2. The Kier molecular flexibility index (Phi) is 7.86. The lowest BCUT2D eigenvalue weighted by atomic mass is 9.79. The summed E-state index contributed by atoms with van der Waals surface area (Å²) in [7, 11) is 0. The lowest BCUT2D eigenvalue weighted by molar-refractivity contribution is -0.124. The van der Waals surface area contributed by atoms with Crippen molar-refractivity contribution in [3.8, 4) is 11.1 Å². The maximum atomic E-state index is 13.3. The van der Waals surface area contributed by atoms with Crippen LogP contribution in [0.25, 0.3) is 11.1 Å². The lowest BCUT2D eigenvalue weighted by Gasteiger charge is -2.37. The highest BCUT2D eigenvalue weighted by molar-refractivity contribution is 6.07. The standard InChI is InChI=1S/C36H37N3O2/c1-2-21-37-36(41)34(25-9-4-3-5-10-25)26-19-22-39(23-20-26)29-17-15-28(16-18-29)38-35(40)32-14-8-13-31-30-12-7-6-11-27(30)24-33(31)32/h3-18,26,34H,2,19-24H2,1H3,(H,37,41)(H,38,40). The van der Waals surface area contributed by atoms with Crippen molar-refractivity contribution < 1.29 is 9.59 Å². The van der Waals surface area contributed by atoms with E-state index >= 15 is 0 Å². The van der Waals surface area contributed by atoms with Crippen molar-refractivity contribution in [2.45, 2.75) is 38.5 Å². The Morgan fingerprint density at radius 3 is 2.29 bits per heavy atom. The first kappa shape index (κ1) is 26.8. The maximum absolute atomic E-state index is 13.3. The highest BCUT2D eigenvalue weighted by Gasteiger charge is 2.32. The molecule has 4 aromatic rings. The molecule has 5 nitrogen and oxygen atoms in total. The Morgan fingerprint density at radius 1 is 0.829 bits per heavy atom. The molecule has 0 radical (unpaired) electrons. The minimum absolute atomic E-state index is 0.0727. The van der Waals surface area contributed by atoms with Crippen molar-refractivity contribution in [3.63, 3.8) is 0 Å². The third-order valence-electron chi connectivity index (χ3n) is 8.59. The Hall–Kier alpha value is -4.38. The quantitative estimate of drug-likeness (QED) is 0.221. The number of anilines is 2. The molecule has 1 saturated heterocycles. The number of fused-ring (bicyclic) bond motifs is 3. The molecule has 6 rings (SSSR count). The van der Waals surface area contributed by atoms with E-state index in [2.05, 4.69) is 77.1 Å². The molecule has 1 aliphatic heterocycles. The highest BCUT2D eigenvalue weighted by atomic mass is 16.2. The van der Waals surface area contributed by atoms with Crippen molar-refractivity contribution in [2.75, 3.05) is 29.9 Å². The van der Waals surface area contributed by atoms with Crippen molar-refractivity contribution >= 4 is 23.2 Å². The largest absolute Gasteiger partial charge is 0.372 e. The Balaban J connectivity index is 1.09. The second-order valence-corrected chi connectivity index (χ2v) is 11.2. The molecule has 0 aromatic heterocycles. The number of carbonyl (C=O) groups is 2. The number of piperidine rings is 1. The zero-order valence-corrected chi connectivity index (χ0v) is 23.6. The number of nitrogens with one attached hydrogen (secondary N) is 2. The van der Waals surface area contributed by atoms with Gasteiger partial charge < -0.3 is 15.5 Å². The number of nitrogens with zero attached hydrogens (tertiary/aromatic N) is 1. The lowest BCUT2D eigenvalue weighted by Crippen LogP contribution is -2.40. The van der Waals surface area contributed by atoms with E-state index in [0.29, 0.717) is 12.5 Å². The monoisotopic (exact) mass is 543 g/mol. The van der Waals surface area contributed by atoms with Crippen LogP contribution in [0.3, 0.4) is 0 Å². The van der Waals surface area contributed by atoms with Crippen LogP contribution in [0.2, 0.25) is 0 Å². The number of rotatable bonds is 8. The fraction of sp³-hybridized carbons (Fsp3) is 0.278. The average Bonchev–Trinajstić information content (AvgIpc) is 3.40. The van der Waals surface area contributed by atoms with E-state index in [1.807, 2.05) is 42.5 Å². The molecule has 41 heavy (non-hydrogen) atoms. The fourth-order valence-corrected chi connectivity index (χ4v) is 6.47. The second kappa shape index (κ2) is 12.0. The number of benzene rings is 4. The molecule has 0 bridgehead atoms. The number of hydrogen-bond acceptors (Lipinski definition) is 3. The Labute approximate surface area is 242 Å². The van der Waals surface area contributed by atoms with Crippen molar-refractivity contribution in [2.24, 2.45) is 5.92 Å². The van der Waals surface area contributed by atoms with Gasteiger partial charge in [-0.1, -0.05) is 73.7 Å². The minimum Gasteiger partial charge on any atom is -0.372 e. The molecule has 1 unspecified atom stereocenters. The molecule has 4 aromatic carbocycles. The molecule has 2 aliphatic rings.